The summed E-state index contributed by atoms with van der Waals surface area (Å²) in [7, 11) is -4.23. The monoisotopic (exact) mass is 396 g/mol. The van der Waals surface area contributed by atoms with Gasteiger partial charge in [-0.25, -0.2) is 17.2 Å². The molecule has 0 radical (unpaired) electrons. The van der Waals surface area contributed by atoms with E-state index in [9.17, 15) is 22.3 Å². The molecule has 0 saturated carbocycles. The topological polar surface area (TPSA) is 60.9 Å². The Hall–Kier alpha value is -2.03. The second-order valence-electron chi connectivity index (χ2n) is 6.80. The molecule has 1 saturated heterocycles. The predicted octanol–water partition coefficient (Wildman–Crippen LogP) is 2.79. The molecule has 27 heavy (non-hydrogen) atoms. The molecule has 5 nitrogen and oxygen atoms in total. The van der Waals surface area contributed by atoms with Crippen molar-refractivity contribution in [2.75, 3.05) is 26.2 Å². The fourth-order valence-corrected chi connectivity index (χ4v) is 4.75. The molecule has 146 valence electrons. The van der Waals surface area contributed by atoms with Crippen molar-refractivity contribution in [2.45, 2.75) is 25.3 Å². The van der Waals surface area contributed by atoms with Gasteiger partial charge in [0.1, 0.15) is 17.4 Å². The van der Waals surface area contributed by atoms with Crippen molar-refractivity contribution in [2.24, 2.45) is 0 Å². The third-order valence-corrected chi connectivity index (χ3v) is 6.89. The van der Waals surface area contributed by atoms with Gasteiger partial charge in [-0.15, -0.1) is 0 Å². The first kappa shape index (κ1) is 19.7. The van der Waals surface area contributed by atoms with Gasteiger partial charge in [-0.1, -0.05) is 12.1 Å². The van der Waals surface area contributed by atoms with Crippen LogP contribution in [0.25, 0.3) is 0 Å². The van der Waals surface area contributed by atoms with Crippen molar-refractivity contribution in [1.82, 2.24) is 9.21 Å². The lowest BCUT2D eigenvalue weighted by molar-refractivity contribution is 0.179. The maximum Gasteiger partial charge on any atom is 0.249 e. The van der Waals surface area contributed by atoms with Crippen LogP contribution in [0.4, 0.5) is 8.78 Å². The highest BCUT2D eigenvalue weighted by Gasteiger charge is 2.33. The lowest BCUT2D eigenvalue weighted by atomic mass is 10.0. The van der Waals surface area contributed by atoms with Gasteiger partial charge >= 0.3 is 0 Å². The fourth-order valence-electron chi connectivity index (χ4n) is 3.21. The first-order valence-electron chi connectivity index (χ1n) is 8.66. The van der Waals surface area contributed by atoms with Gasteiger partial charge in [0, 0.05) is 38.3 Å². The van der Waals surface area contributed by atoms with Crippen LogP contribution in [0.2, 0.25) is 0 Å². The van der Waals surface area contributed by atoms with E-state index in [0.29, 0.717) is 19.6 Å². The van der Waals surface area contributed by atoms with Gasteiger partial charge in [0.05, 0.1) is 0 Å². The second kappa shape index (κ2) is 7.53. The van der Waals surface area contributed by atoms with Crippen LogP contribution in [-0.2, 0) is 16.6 Å². The lowest BCUT2D eigenvalue weighted by Gasteiger charge is -2.34. The number of aryl methyl sites for hydroxylation is 2. The van der Waals surface area contributed by atoms with Gasteiger partial charge < -0.3 is 5.11 Å². The van der Waals surface area contributed by atoms with E-state index in [1.807, 2.05) is 24.8 Å². The first-order chi connectivity index (χ1) is 12.7. The summed E-state index contributed by atoms with van der Waals surface area (Å²) in [5, 5.41) is 10.1. The van der Waals surface area contributed by atoms with Crippen LogP contribution in [0.15, 0.2) is 35.2 Å². The first-order valence-corrected chi connectivity index (χ1v) is 10.1. The van der Waals surface area contributed by atoms with Crippen LogP contribution in [0, 0.1) is 25.5 Å². The molecule has 8 heteroatoms. The predicted molar refractivity (Wildman–Crippen MR) is 98.0 cm³/mol. The molecule has 0 aliphatic carbocycles. The summed E-state index contributed by atoms with van der Waals surface area (Å²) in [4.78, 5) is 1.11. The minimum atomic E-state index is -4.23. The van der Waals surface area contributed by atoms with E-state index in [4.69, 9.17) is 0 Å². The zero-order valence-electron chi connectivity index (χ0n) is 15.2. The van der Waals surface area contributed by atoms with Crippen LogP contribution in [0.1, 0.15) is 16.7 Å². The van der Waals surface area contributed by atoms with Gasteiger partial charge in [-0.2, -0.15) is 4.31 Å². The van der Waals surface area contributed by atoms with Gasteiger partial charge in [0.2, 0.25) is 10.0 Å². The molecular weight excluding hydrogens is 374 g/mol. The summed E-state index contributed by atoms with van der Waals surface area (Å²) < 4.78 is 54.1. The number of benzene rings is 2. The van der Waals surface area contributed by atoms with Crippen molar-refractivity contribution in [1.29, 1.82) is 0 Å². The minimum Gasteiger partial charge on any atom is -0.508 e. The fraction of sp³-hybridized carbons (Fsp3) is 0.368. The second-order valence-corrected chi connectivity index (χ2v) is 8.67. The average Bonchev–Trinajstić information content (AvgIpc) is 2.60. The summed E-state index contributed by atoms with van der Waals surface area (Å²) in [5.74, 6) is -1.96. The lowest BCUT2D eigenvalue weighted by Crippen LogP contribution is -2.48. The number of hydrogen-bond donors (Lipinski definition) is 1. The van der Waals surface area contributed by atoms with Crippen LogP contribution >= 0.6 is 0 Å². The third-order valence-electron chi connectivity index (χ3n) is 4.94. The van der Waals surface area contributed by atoms with Crippen molar-refractivity contribution in [3.05, 3.63) is 58.7 Å². The van der Waals surface area contributed by atoms with E-state index in [0.717, 1.165) is 39.2 Å². The number of piperazine rings is 1. The molecule has 0 spiro atoms. The van der Waals surface area contributed by atoms with E-state index in [-0.39, 0.29) is 18.8 Å². The molecule has 0 atom stereocenters. The maximum atomic E-state index is 13.9. The molecule has 1 heterocycles. The zero-order valence-corrected chi connectivity index (χ0v) is 16.1. The van der Waals surface area contributed by atoms with Crippen molar-refractivity contribution < 1.29 is 22.3 Å². The quantitative estimate of drug-likeness (QED) is 0.863. The number of hydrogen-bond acceptors (Lipinski definition) is 4. The van der Waals surface area contributed by atoms with Crippen LogP contribution < -0.4 is 0 Å². The highest BCUT2D eigenvalue weighted by Crippen LogP contribution is 2.26. The highest BCUT2D eigenvalue weighted by atomic mass is 32.2. The Labute approximate surface area is 157 Å². The normalized spacial score (nSPS) is 16.6. The van der Waals surface area contributed by atoms with E-state index >= 15 is 0 Å². The molecule has 1 N–H and O–H groups in total. The molecular formula is C19H22F2N2O3S. The number of aromatic hydroxyl groups is 1. The molecule has 2 aromatic rings. The highest BCUT2D eigenvalue weighted by molar-refractivity contribution is 7.89. The van der Waals surface area contributed by atoms with Crippen LogP contribution in [0.3, 0.4) is 0 Å². The Bertz CT molecular complexity index is 935. The van der Waals surface area contributed by atoms with E-state index in [2.05, 4.69) is 0 Å². The maximum absolute atomic E-state index is 13.9. The number of rotatable bonds is 4. The molecule has 2 aromatic carbocycles. The van der Waals surface area contributed by atoms with Gasteiger partial charge in [0.25, 0.3) is 0 Å². The molecule has 3 rings (SSSR count). The van der Waals surface area contributed by atoms with Gasteiger partial charge in [-0.3, -0.25) is 4.90 Å². The number of nitrogens with zero attached hydrogens (tertiary/aromatic N) is 2. The van der Waals surface area contributed by atoms with Gasteiger partial charge in [0.15, 0.2) is 4.90 Å². The number of phenols is 1. The van der Waals surface area contributed by atoms with Crippen molar-refractivity contribution >= 4 is 10.0 Å². The van der Waals surface area contributed by atoms with Crippen LogP contribution in [0.5, 0.6) is 5.75 Å². The van der Waals surface area contributed by atoms with Gasteiger partial charge in [-0.05, 0) is 43.2 Å². The molecule has 1 aliphatic rings. The summed E-state index contributed by atoms with van der Waals surface area (Å²) in [6.45, 7) is 5.43. The summed E-state index contributed by atoms with van der Waals surface area (Å²) in [6, 6.07) is 6.65. The number of sulfonamides is 1. The Kier molecular flexibility index (Phi) is 5.50. The van der Waals surface area contributed by atoms with E-state index in [1.165, 1.54) is 0 Å². The Morgan fingerprint density at radius 1 is 1.00 bits per heavy atom. The third kappa shape index (κ3) is 3.97. The largest absolute Gasteiger partial charge is 0.508 e. The average molecular weight is 396 g/mol. The molecule has 0 aromatic heterocycles. The van der Waals surface area contributed by atoms with Crippen LogP contribution in [-0.4, -0.2) is 48.9 Å². The molecule has 0 amide bonds. The molecule has 1 fully saturated rings. The Morgan fingerprint density at radius 3 is 2.15 bits per heavy atom. The standard InChI is InChI=1S/C19H22F2N2O3S/c1-13-10-15(18(24)11-14(13)2)12-22-6-8-23(9-7-22)27(25,26)19-16(20)4-3-5-17(19)21/h3-5,10-11,24H,6-9,12H2,1-2H3. The number of phenolic OH excluding ortho intramolecular Hbond substituents is 1. The summed E-state index contributed by atoms with van der Waals surface area (Å²) in [6.07, 6.45) is 0. The Morgan fingerprint density at radius 2 is 1.56 bits per heavy atom. The Balaban J connectivity index is 1.71. The minimum absolute atomic E-state index is 0.127. The number of halogens is 2. The summed E-state index contributed by atoms with van der Waals surface area (Å²) >= 11 is 0. The molecule has 0 bridgehead atoms. The zero-order chi connectivity index (χ0) is 19.8. The molecule has 1 aliphatic heterocycles. The van der Waals surface area contributed by atoms with E-state index < -0.39 is 26.6 Å². The van der Waals surface area contributed by atoms with Crippen molar-refractivity contribution in [3.63, 3.8) is 0 Å². The van der Waals surface area contributed by atoms with Crippen molar-refractivity contribution in [3.8, 4) is 5.75 Å². The van der Waals surface area contributed by atoms with E-state index in [1.54, 1.807) is 6.07 Å². The summed E-state index contributed by atoms with van der Waals surface area (Å²) in [5.41, 5.74) is 2.84. The molecule has 0 unspecified atom stereocenters. The smallest absolute Gasteiger partial charge is 0.249 e. The SMILES string of the molecule is Cc1cc(O)c(CN2CCN(S(=O)(=O)c3c(F)cccc3F)CC2)cc1C.